The van der Waals surface area contributed by atoms with Crippen molar-refractivity contribution in [3.05, 3.63) is 35.4 Å². The molecular formula is C14H23NO. The van der Waals surface area contributed by atoms with Gasteiger partial charge in [-0.25, -0.2) is 0 Å². The molecule has 0 amide bonds. The van der Waals surface area contributed by atoms with Crippen LogP contribution in [0.2, 0.25) is 0 Å². The molecule has 1 N–H and O–H groups in total. The smallest absolute Gasteiger partial charge is 0.0484 e. The van der Waals surface area contributed by atoms with Crippen LogP contribution in [-0.4, -0.2) is 19.8 Å². The van der Waals surface area contributed by atoms with Crippen molar-refractivity contribution in [2.24, 2.45) is 0 Å². The van der Waals surface area contributed by atoms with Gasteiger partial charge in [-0.1, -0.05) is 36.8 Å². The van der Waals surface area contributed by atoms with Gasteiger partial charge in [0.05, 0.1) is 0 Å². The van der Waals surface area contributed by atoms with Crippen LogP contribution in [-0.2, 0) is 4.74 Å². The van der Waals surface area contributed by atoms with E-state index in [1.165, 1.54) is 11.1 Å². The molecule has 1 atom stereocenters. The van der Waals surface area contributed by atoms with Crippen LogP contribution < -0.4 is 5.32 Å². The molecule has 0 aliphatic heterocycles. The Hall–Kier alpha value is -0.860. The Morgan fingerprint density at radius 2 is 2.12 bits per heavy atom. The second-order valence-electron chi connectivity index (χ2n) is 4.01. The summed E-state index contributed by atoms with van der Waals surface area (Å²) in [6.45, 7) is 8.92. The predicted molar refractivity (Wildman–Crippen MR) is 68.7 cm³/mol. The summed E-state index contributed by atoms with van der Waals surface area (Å²) in [6.07, 6.45) is 1.03. The van der Waals surface area contributed by atoms with Crippen LogP contribution in [0.1, 0.15) is 37.4 Å². The summed E-state index contributed by atoms with van der Waals surface area (Å²) < 4.78 is 5.42. The van der Waals surface area contributed by atoms with Gasteiger partial charge < -0.3 is 10.1 Å². The van der Waals surface area contributed by atoms with Gasteiger partial charge in [0.1, 0.15) is 0 Å². The van der Waals surface area contributed by atoms with Crippen molar-refractivity contribution in [2.75, 3.05) is 19.8 Å². The van der Waals surface area contributed by atoms with Gasteiger partial charge in [0.2, 0.25) is 0 Å². The summed E-state index contributed by atoms with van der Waals surface area (Å²) in [6, 6.07) is 9.10. The fraction of sp³-hybridized carbons (Fsp3) is 0.571. The Kier molecular flexibility index (Phi) is 6.12. The van der Waals surface area contributed by atoms with Gasteiger partial charge in [0, 0.05) is 19.3 Å². The van der Waals surface area contributed by atoms with Crippen molar-refractivity contribution in [3.8, 4) is 0 Å². The standard InChI is InChI=1S/C14H23NO/c1-4-15-14(9-10-16-5-2)13-8-6-7-12(3)11-13/h6-8,11,14-15H,4-5,9-10H2,1-3H3. The molecule has 1 aromatic rings. The van der Waals surface area contributed by atoms with Gasteiger partial charge in [-0.15, -0.1) is 0 Å². The summed E-state index contributed by atoms with van der Waals surface area (Å²) >= 11 is 0. The van der Waals surface area contributed by atoms with Crippen LogP contribution in [0.15, 0.2) is 24.3 Å². The molecule has 16 heavy (non-hydrogen) atoms. The van der Waals surface area contributed by atoms with Crippen LogP contribution in [0.4, 0.5) is 0 Å². The third-order valence-electron chi connectivity index (χ3n) is 2.65. The summed E-state index contributed by atoms with van der Waals surface area (Å²) in [5, 5.41) is 3.51. The minimum Gasteiger partial charge on any atom is -0.382 e. The number of hydrogen-bond donors (Lipinski definition) is 1. The minimum absolute atomic E-state index is 0.413. The quantitative estimate of drug-likeness (QED) is 0.714. The molecule has 1 aromatic carbocycles. The molecule has 0 radical (unpaired) electrons. The predicted octanol–water partition coefficient (Wildman–Crippen LogP) is 3.07. The van der Waals surface area contributed by atoms with Crippen LogP contribution >= 0.6 is 0 Å². The molecule has 0 aliphatic carbocycles. The SMILES string of the molecule is CCNC(CCOCC)c1cccc(C)c1. The molecule has 1 unspecified atom stereocenters. The van der Waals surface area contributed by atoms with E-state index in [2.05, 4.69) is 43.4 Å². The van der Waals surface area contributed by atoms with Crippen molar-refractivity contribution in [1.29, 1.82) is 0 Å². The van der Waals surface area contributed by atoms with E-state index < -0.39 is 0 Å². The van der Waals surface area contributed by atoms with Gasteiger partial charge in [-0.2, -0.15) is 0 Å². The van der Waals surface area contributed by atoms with Gasteiger partial charge in [-0.3, -0.25) is 0 Å². The lowest BCUT2D eigenvalue weighted by atomic mass is 10.0. The highest BCUT2D eigenvalue weighted by atomic mass is 16.5. The lowest BCUT2D eigenvalue weighted by Gasteiger charge is -2.18. The van der Waals surface area contributed by atoms with E-state index in [9.17, 15) is 0 Å². The molecule has 2 nitrogen and oxygen atoms in total. The normalized spacial score (nSPS) is 12.7. The van der Waals surface area contributed by atoms with E-state index >= 15 is 0 Å². The molecule has 2 heteroatoms. The number of nitrogens with one attached hydrogen (secondary N) is 1. The zero-order valence-corrected chi connectivity index (χ0v) is 10.6. The third-order valence-corrected chi connectivity index (χ3v) is 2.65. The van der Waals surface area contributed by atoms with Crippen LogP contribution in [0.5, 0.6) is 0 Å². The topological polar surface area (TPSA) is 21.3 Å². The zero-order chi connectivity index (χ0) is 11.8. The second-order valence-corrected chi connectivity index (χ2v) is 4.01. The molecule has 0 bridgehead atoms. The molecule has 0 fully saturated rings. The Bertz CT molecular complexity index is 299. The van der Waals surface area contributed by atoms with Crippen molar-refractivity contribution in [3.63, 3.8) is 0 Å². The van der Waals surface area contributed by atoms with Crippen molar-refractivity contribution >= 4 is 0 Å². The van der Waals surface area contributed by atoms with Gasteiger partial charge in [0.25, 0.3) is 0 Å². The fourth-order valence-corrected chi connectivity index (χ4v) is 1.87. The molecule has 0 aromatic heterocycles. The average molecular weight is 221 g/mol. The van der Waals surface area contributed by atoms with E-state index in [0.29, 0.717) is 6.04 Å². The number of rotatable bonds is 7. The molecule has 1 rings (SSSR count). The Morgan fingerprint density at radius 3 is 2.75 bits per heavy atom. The lowest BCUT2D eigenvalue weighted by Crippen LogP contribution is -2.22. The first-order valence-corrected chi connectivity index (χ1v) is 6.15. The summed E-state index contributed by atoms with van der Waals surface area (Å²) in [7, 11) is 0. The number of benzene rings is 1. The Labute approximate surface area is 99.0 Å². The van der Waals surface area contributed by atoms with Crippen molar-refractivity contribution in [1.82, 2.24) is 5.32 Å². The van der Waals surface area contributed by atoms with E-state index in [1.54, 1.807) is 0 Å². The summed E-state index contributed by atoms with van der Waals surface area (Å²) in [4.78, 5) is 0. The van der Waals surface area contributed by atoms with E-state index in [4.69, 9.17) is 4.74 Å². The highest BCUT2D eigenvalue weighted by molar-refractivity contribution is 5.25. The molecule has 0 saturated heterocycles. The lowest BCUT2D eigenvalue weighted by molar-refractivity contribution is 0.136. The molecular weight excluding hydrogens is 198 g/mol. The van der Waals surface area contributed by atoms with Gasteiger partial charge in [0.15, 0.2) is 0 Å². The monoisotopic (exact) mass is 221 g/mol. The highest BCUT2D eigenvalue weighted by Crippen LogP contribution is 2.17. The van der Waals surface area contributed by atoms with Gasteiger partial charge >= 0.3 is 0 Å². The van der Waals surface area contributed by atoms with E-state index in [0.717, 1.165) is 26.2 Å². The second kappa shape index (κ2) is 7.42. The maximum absolute atomic E-state index is 5.42. The maximum atomic E-state index is 5.42. The number of aryl methyl sites for hydroxylation is 1. The van der Waals surface area contributed by atoms with Crippen LogP contribution in [0.25, 0.3) is 0 Å². The van der Waals surface area contributed by atoms with Crippen molar-refractivity contribution in [2.45, 2.75) is 33.2 Å². The molecule has 0 aliphatic rings. The van der Waals surface area contributed by atoms with Crippen LogP contribution in [0.3, 0.4) is 0 Å². The highest BCUT2D eigenvalue weighted by Gasteiger charge is 2.09. The number of ether oxygens (including phenoxy) is 1. The van der Waals surface area contributed by atoms with E-state index in [-0.39, 0.29) is 0 Å². The fourth-order valence-electron chi connectivity index (χ4n) is 1.87. The average Bonchev–Trinajstić information content (AvgIpc) is 2.28. The first-order chi connectivity index (χ1) is 7.77. The largest absolute Gasteiger partial charge is 0.382 e. The Morgan fingerprint density at radius 1 is 1.31 bits per heavy atom. The first-order valence-electron chi connectivity index (χ1n) is 6.15. The molecule has 90 valence electrons. The molecule has 0 spiro atoms. The third kappa shape index (κ3) is 4.33. The zero-order valence-electron chi connectivity index (χ0n) is 10.6. The van der Waals surface area contributed by atoms with E-state index in [1.807, 2.05) is 6.92 Å². The minimum atomic E-state index is 0.413. The van der Waals surface area contributed by atoms with Crippen LogP contribution in [0, 0.1) is 6.92 Å². The van der Waals surface area contributed by atoms with Gasteiger partial charge in [-0.05, 0) is 32.4 Å². The van der Waals surface area contributed by atoms with Crippen molar-refractivity contribution < 1.29 is 4.74 Å². The summed E-state index contributed by atoms with van der Waals surface area (Å²) in [5.74, 6) is 0. The molecule has 0 heterocycles. The summed E-state index contributed by atoms with van der Waals surface area (Å²) in [5.41, 5.74) is 2.68. The Balaban J connectivity index is 2.61. The first kappa shape index (κ1) is 13.2. The molecule has 0 saturated carbocycles. The number of hydrogen-bond acceptors (Lipinski definition) is 2. The maximum Gasteiger partial charge on any atom is 0.0484 e.